The highest BCUT2D eigenvalue weighted by Gasteiger charge is 2.19. The van der Waals surface area contributed by atoms with Gasteiger partial charge in [0.1, 0.15) is 11.6 Å². The number of hydrogen-bond donors (Lipinski definition) is 0. The van der Waals surface area contributed by atoms with Crippen LogP contribution in [0.4, 0.5) is 4.39 Å². The van der Waals surface area contributed by atoms with Crippen LogP contribution in [-0.2, 0) is 0 Å². The highest BCUT2D eigenvalue weighted by atomic mass is 19.1. The standard InChI is InChI=1S/C9H9FO.C2H6/c1-6-5-11-9-3-2-7(10)4-8(6)9;1-2/h2-4,6H,5H2,1H3;1-2H3. The molecular formula is C11H15FO. The van der Waals surface area contributed by atoms with Gasteiger partial charge in [0.05, 0.1) is 6.61 Å². The van der Waals surface area contributed by atoms with Crippen LogP contribution in [0.25, 0.3) is 0 Å². The van der Waals surface area contributed by atoms with E-state index in [-0.39, 0.29) is 5.82 Å². The van der Waals surface area contributed by atoms with E-state index in [1.54, 1.807) is 12.1 Å². The van der Waals surface area contributed by atoms with Gasteiger partial charge in [0.15, 0.2) is 0 Å². The van der Waals surface area contributed by atoms with Gasteiger partial charge in [-0.25, -0.2) is 4.39 Å². The summed E-state index contributed by atoms with van der Waals surface area (Å²) in [6, 6.07) is 4.66. The molecule has 0 aromatic heterocycles. The Morgan fingerprint density at radius 3 is 2.77 bits per heavy atom. The highest BCUT2D eigenvalue weighted by molar-refractivity contribution is 5.39. The molecular weight excluding hydrogens is 167 g/mol. The Morgan fingerprint density at radius 1 is 1.38 bits per heavy atom. The average Bonchev–Trinajstić information content (AvgIpc) is 2.52. The molecule has 0 fully saturated rings. The van der Waals surface area contributed by atoms with Crippen molar-refractivity contribution in [2.75, 3.05) is 6.61 Å². The van der Waals surface area contributed by atoms with Gasteiger partial charge in [-0.3, -0.25) is 0 Å². The second-order valence-electron chi connectivity index (χ2n) is 2.89. The van der Waals surface area contributed by atoms with E-state index in [1.807, 2.05) is 20.8 Å². The lowest BCUT2D eigenvalue weighted by molar-refractivity contribution is 0.337. The fourth-order valence-corrected chi connectivity index (χ4v) is 1.34. The number of rotatable bonds is 0. The fourth-order valence-electron chi connectivity index (χ4n) is 1.34. The van der Waals surface area contributed by atoms with Gasteiger partial charge in [-0.05, 0) is 18.2 Å². The largest absolute Gasteiger partial charge is 0.493 e. The number of hydrogen-bond acceptors (Lipinski definition) is 1. The predicted octanol–water partition coefficient (Wildman–Crippen LogP) is 3.35. The van der Waals surface area contributed by atoms with E-state index in [9.17, 15) is 4.39 Å². The van der Waals surface area contributed by atoms with E-state index in [2.05, 4.69) is 0 Å². The molecule has 1 heterocycles. The number of fused-ring (bicyclic) bond motifs is 1. The van der Waals surface area contributed by atoms with E-state index < -0.39 is 0 Å². The molecule has 0 spiro atoms. The first kappa shape index (κ1) is 10.0. The lowest BCUT2D eigenvalue weighted by atomic mass is 10.0. The van der Waals surface area contributed by atoms with Gasteiger partial charge in [0, 0.05) is 11.5 Å². The zero-order valence-corrected chi connectivity index (χ0v) is 8.30. The fraction of sp³-hybridized carbons (Fsp3) is 0.455. The maximum absolute atomic E-state index is 12.7. The van der Waals surface area contributed by atoms with Crippen LogP contribution >= 0.6 is 0 Å². The molecule has 1 aromatic rings. The second-order valence-corrected chi connectivity index (χ2v) is 2.89. The quantitative estimate of drug-likeness (QED) is 0.598. The minimum Gasteiger partial charge on any atom is -0.493 e. The lowest BCUT2D eigenvalue weighted by Crippen LogP contribution is -1.93. The maximum Gasteiger partial charge on any atom is 0.123 e. The van der Waals surface area contributed by atoms with Crippen molar-refractivity contribution in [1.82, 2.24) is 0 Å². The third-order valence-electron chi connectivity index (χ3n) is 1.99. The molecule has 13 heavy (non-hydrogen) atoms. The summed E-state index contributed by atoms with van der Waals surface area (Å²) >= 11 is 0. The molecule has 0 saturated heterocycles. The van der Waals surface area contributed by atoms with E-state index >= 15 is 0 Å². The molecule has 1 nitrogen and oxygen atoms in total. The monoisotopic (exact) mass is 182 g/mol. The normalized spacial score (nSPS) is 18.3. The van der Waals surface area contributed by atoms with Crippen molar-refractivity contribution in [1.29, 1.82) is 0 Å². The van der Waals surface area contributed by atoms with Crippen LogP contribution in [0, 0.1) is 5.82 Å². The van der Waals surface area contributed by atoms with Crippen LogP contribution < -0.4 is 4.74 Å². The molecule has 1 aromatic carbocycles. The molecule has 0 aliphatic carbocycles. The summed E-state index contributed by atoms with van der Waals surface area (Å²) in [7, 11) is 0. The van der Waals surface area contributed by atoms with Gasteiger partial charge in [0.25, 0.3) is 0 Å². The molecule has 1 unspecified atom stereocenters. The van der Waals surface area contributed by atoms with E-state index in [0.29, 0.717) is 12.5 Å². The smallest absolute Gasteiger partial charge is 0.123 e. The minimum absolute atomic E-state index is 0.180. The van der Waals surface area contributed by atoms with Crippen LogP contribution in [0.2, 0.25) is 0 Å². The van der Waals surface area contributed by atoms with Crippen LogP contribution in [0.1, 0.15) is 32.3 Å². The molecule has 72 valence electrons. The van der Waals surface area contributed by atoms with E-state index in [1.165, 1.54) is 6.07 Å². The van der Waals surface area contributed by atoms with Gasteiger partial charge < -0.3 is 4.74 Å². The number of ether oxygens (including phenoxy) is 1. The van der Waals surface area contributed by atoms with Gasteiger partial charge in [-0.2, -0.15) is 0 Å². The molecule has 1 atom stereocenters. The number of benzene rings is 1. The Kier molecular flexibility index (Phi) is 3.29. The van der Waals surface area contributed by atoms with Crippen molar-refractivity contribution < 1.29 is 9.13 Å². The van der Waals surface area contributed by atoms with Crippen molar-refractivity contribution in [3.63, 3.8) is 0 Å². The van der Waals surface area contributed by atoms with Crippen molar-refractivity contribution in [2.45, 2.75) is 26.7 Å². The first-order valence-electron chi connectivity index (χ1n) is 4.69. The first-order chi connectivity index (χ1) is 6.27. The van der Waals surface area contributed by atoms with Gasteiger partial charge in [-0.15, -0.1) is 0 Å². The molecule has 0 N–H and O–H groups in total. The third-order valence-corrected chi connectivity index (χ3v) is 1.99. The molecule has 2 heteroatoms. The molecule has 1 aliphatic rings. The summed E-state index contributed by atoms with van der Waals surface area (Å²) in [5.74, 6) is 0.987. The highest BCUT2D eigenvalue weighted by Crippen LogP contribution is 2.33. The maximum atomic E-state index is 12.7. The van der Waals surface area contributed by atoms with E-state index in [0.717, 1.165) is 11.3 Å². The zero-order chi connectivity index (χ0) is 9.84. The molecule has 0 radical (unpaired) electrons. The predicted molar refractivity (Wildman–Crippen MR) is 51.7 cm³/mol. The second kappa shape index (κ2) is 4.26. The third kappa shape index (κ3) is 2.00. The molecule has 0 saturated carbocycles. The van der Waals surface area contributed by atoms with Crippen molar-refractivity contribution in [3.05, 3.63) is 29.6 Å². The summed E-state index contributed by atoms with van der Waals surface area (Å²) in [5, 5.41) is 0. The van der Waals surface area contributed by atoms with Gasteiger partial charge in [0.2, 0.25) is 0 Å². The lowest BCUT2D eigenvalue weighted by Gasteiger charge is -1.98. The summed E-state index contributed by atoms with van der Waals surface area (Å²) in [4.78, 5) is 0. The topological polar surface area (TPSA) is 9.23 Å². The molecule has 1 aliphatic heterocycles. The summed E-state index contributed by atoms with van der Waals surface area (Å²) in [6.07, 6.45) is 0. The molecule has 0 amide bonds. The summed E-state index contributed by atoms with van der Waals surface area (Å²) < 4.78 is 18.0. The Bertz CT molecular complexity index is 283. The summed E-state index contributed by atoms with van der Waals surface area (Å²) in [6.45, 7) is 6.71. The van der Waals surface area contributed by atoms with Crippen molar-refractivity contribution in [2.24, 2.45) is 0 Å². The molecule has 2 rings (SSSR count). The van der Waals surface area contributed by atoms with Crippen molar-refractivity contribution >= 4 is 0 Å². The Labute approximate surface area is 78.5 Å². The SMILES string of the molecule is CC.CC1COc2ccc(F)cc21. The average molecular weight is 182 g/mol. The first-order valence-corrected chi connectivity index (χ1v) is 4.69. The van der Waals surface area contributed by atoms with Crippen LogP contribution in [0.3, 0.4) is 0 Å². The van der Waals surface area contributed by atoms with Crippen LogP contribution in [0.5, 0.6) is 5.75 Å². The van der Waals surface area contributed by atoms with Gasteiger partial charge in [-0.1, -0.05) is 20.8 Å². The minimum atomic E-state index is -0.180. The van der Waals surface area contributed by atoms with Crippen LogP contribution in [-0.4, -0.2) is 6.61 Å². The Balaban J connectivity index is 0.000000396. The van der Waals surface area contributed by atoms with Gasteiger partial charge >= 0.3 is 0 Å². The zero-order valence-electron chi connectivity index (χ0n) is 8.30. The summed E-state index contributed by atoms with van der Waals surface area (Å²) in [5.41, 5.74) is 0.991. The van der Waals surface area contributed by atoms with Crippen LogP contribution in [0.15, 0.2) is 18.2 Å². The molecule has 0 bridgehead atoms. The Hall–Kier alpha value is -1.05. The van der Waals surface area contributed by atoms with E-state index in [4.69, 9.17) is 4.74 Å². The number of halogens is 1. The van der Waals surface area contributed by atoms with Crippen molar-refractivity contribution in [3.8, 4) is 5.75 Å². The Morgan fingerprint density at radius 2 is 2.08 bits per heavy atom.